The Bertz CT molecular complexity index is 557. The van der Waals surface area contributed by atoms with Crippen LogP contribution in [0.2, 0.25) is 0 Å². The van der Waals surface area contributed by atoms with Crippen molar-refractivity contribution in [1.82, 2.24) is 20.0 Å². The quantitative estimate of drug-likeness (QED) is 0.822. The van der Waals surface area contributed by atoms with Crippen LogP contribution < -0.4 is 10.6 Å². The Balaban J connectivity index is 1.81. The van der Waals surface area contributed by atoms with E-state index in [-0.39, 0.29) is 11.9 Å². The lowest BCUT2D eigenvalue weighted by Gasteiger charge is -2.23. The number of carbonyl (C=O) groups is 1. The lowest BCUT2D eigenvalue weighted by Crippen LogP contribution is -2.42. The molecule has 5 nitrogen and oxygen atoms in total. The molecule has 0 saturated carbocycles. The molecule has 2 N–H and O–H groups in total. The molecule has 0 radical (unpaired) electrons. The molecule has 18 heavy (non-hydrogen) atoms. The summed E-state index contributed by atoms with van der Waals surface area (Å²) < 4.78 is 1.86. The average Bonchev–Trinajstić information content (AvgIpc) is 2.87. The van der Waals surface area contributed by atoms with Crippen molar-refractivity contribution in [2.75, 3.05) is 13.1 Å². The highest BCUT2D eigenvalue weighted by atomic mass is 16.1. The normalized spacial score (nSPS) is 16.9. The molecule has 3 heterocycles. The number of hydrogen-bond acceptors (Lipinski definition) is 3. The number of fused-ring (bicyclic) bond motifs is 1. The first kappa shape index (κ1) is 11.2. The van der Waals surface area contributed by atoms with Gasteiger partial charge in [0.05, 0.1) is 5.56 Å². The minimum absolute atomic E-state index is 0.0290. The molecular formula is C13H16N4O. The van der Waals surface area contributed by atoms with Gasteiger partial charge < -0.3 is 15.0 Å². The van der Waals surface area contributed by atoms with Crippen LogP contribution in [0.15, 0.2) is 30.7 Å². The largest absolute Gasteiger partial charge is 0.349 e. The number of carbonyl (C=O) groups excluding carboxylic acids is 1. The average molecular weight is 244 g/mol. The first-order valence-corrected chi connectivity index (χ1v) is 6.28. The highest BCUT2D eigenvalue weighted by molar-refractivity contribution is 5.99. The van der Waals surface area contributed by atoms with Crippen molar-refractivity contribution < 1.29 is 4.79 Å². The van der Waals surface area contributed by atoms with E-state index < -0.39 is 0 Å². The van der Waals surface area contributed by atoms with Crippen molar-refractivity contribution >= 4 is 11.6 Å². The van der Waals surface area contributed by atoms with Gasteiger partial charge in [0.1, 0.15) is 5.65 Å². The number of nitrogens with zero attached hydrogens (tertiary/aromatic N) is 2. The molecular weight excluding hydrogens is 228 g/mol. The lowest BCUT2D eigenvalue weighted by molar-refractivity contribution is 0.0930. The van der Waals surface area contributed by atoms with Gasteiger partial charge in [0.2, 0.25) is 0 Å². The summed E-state index contributed by atoms with van der Waals surface area (Å²) in [6.07, 6.45) is 7.42. The number of nitrogens with one attached hydrogen (secondary N) is 2. The van der Waals surface area contributed by atoms with Gasteiger partial charge in [-0.05, 0) is 38.1 Å². The van der Waals surface area contributed by atoms with Gasteiger partial charge in [-0.2, -0.15) is 0 Å². The Morgan fingerprint density at radius 3 is 3.06 bits per heavy atom. The fourth-order valence-corrected chi connectivity index (χ4v) is 2.36. The Hall–Kier alpha value is -1.88. The van der Waals surface area contributed by atoms with Gasteiger partial charge in [0, 0.05) is 24.6 Å². The molecule has 0 bridgehead atoms. The third-order valence-electron chi connectivity index (χ3n) is 3.34. The van der Waals surface area contributed by atoms with Crippen LogP contribution in [0.1, 0.15) is 23.2 Å². The summed E-state index contributed by atoms with van der Waals surface area (Å²) in [4.78, 5) is 16.5. The molecule has 3 rings (SSSR count). The highest BCUT2D eigenvalue weighted by Gasteiger charge is 2.18. The van der Waals surface area contributed by atoms with E-state index in [0.29, 0.717) is 11.2 Å². The van der Waals surface area contributed by atoms with Crippen molar-refractivity contribution in [1.29, 1.82) is 0 Å². The van der Waals surface area contributed by atoms with Crippen molar-refractivity contribution in [3.8, 4) is 0 Å². The van der Waals surface area contributed by atoms with Gasteiger partial charge in [-0.3, -0.25) is 4.79 Å². The summed E-state index contributed by atoms with van der Waals surface area (Å²) in [5.74, 6) is -0.0290. The van der Waals surface area contributed by atoms with E-state index in [9.17, 15) is 4.79 Å². The summed E-state index contributed by atoms with van der Waals surface area (Å²) in [5.41, 5.74) is 1.35. The topological polar surface area (TPSA) is 58.4 Å². The Kier molecular flexibility index (Phi) is 2.98. The van der Waals surface area contributed by atoms with E-state index >= 15 is 0 Å². The molecule has 5 heteroatoms. The van der Waals surface area contributed by atoms with E-state index in [1.165, 1.54) is 0 Å². The maximum absolute atomic E-state index is 12.2. The predicted octanol–water partition coefficient (Wildman–Crippen LogP) is 0.816. The number of imidazole rings is 1. The smallest absolute Gasteiger partial charge is 0.255 e. The second-order valence-corrected chi connectivity index (χ2v) is 4.58. The van der Waals surface area contributed by atoms with Crippen LogP contribution in [0.25, 0.3) is 5.65 Å². The summed E-state index contributed by atoms with van der Waals surface area (Å²) in [6, 6.07) is 3.96. The summed E-state index contributed by atoms with van der Waals surface area (Å²) >= 11 is 0. The standard InChI is InChI=1S/C13H16N4O/c18-13(16-10-3-5-14-6-4-10)11-2-1-8-17-9-7-15-12(11)17/h1-2,7-10,14H,3-6H2,(H,16,18). The van der Waals surface area contributed by atoms with Crippen molar-refractivity contribution in [2.45, 2.75) is 18.9 Å². The maximum atomic E-state index is 12.2. The van der Waals surface area contributed by atoms with Gasteiger partial charge >= 0.3 is 0 Å². The highest BCUT2D eigenvalue weighted by Crippen LogP contribution is 2.10. The van der Waals surface area contributed by atoms with Gasteiger partial charge in [-0.1, -0.05) is 0 Å². The van der Waals surface area contributed by atoms with Gasteiger partial charge in [-0.15, -0.1) is 0 Å². The Morgan fingerprint density at radius 1 is 1.39 bits per heavy atom. The molecule has 0 aromatic carbocycles. The number of pyridine rings is 1. The van der Waals surface area contributed by atoms with Gasteiger partial charge in [-0.25, -0.2) is 4.98 Å². The van der Waals surface area contributed by atoms with E-state index in [2.05, 4.69) is 15.6 Å². The zero-order valence-corrected chi connectivity index (χ0v) is 10.1. The molecule has 1 fully saturated rings. The van der Waals surface area contributed by atoms with Crippen LogP contribution >= 0.6 is 0 Å². The van der Waals surface area contributed by atoms with Crippen molar-refractivity contribution in [3.63, 3.8) is 0 Å². The van der Waals surface area contributed by atoms with E-state index in [1.54, 1.807) is 6.20 Å². The fraction of sp³-hybridized carbons (Fsp3) is 0.385. The van der Waals surface area contributed by atoms with Crippen LogP contribution in [0.4, 0.5) is 0 Å². The number of piperidine rings is 1. The zero-order valence-electron chi connectivity index (χ0n) is 10.1. The summed E-state index contributed by atoms with van der Waals surface area (Å²) in [6.45, 7) is 1.94. The number of aromatic nitrogens is 2. The number of hydrogen-bond donors (Lipinski definition) is 2. The van der Waals surface area contributed by atoms with Gasteiger partial charge in [0.25, 0.3) is 5.91 Å². The van der Waals surface area contributed by atoms with Crippen LogP contribution in [-0.4, -0.2) is 34.4 Å². The summed E-state index contributed by atoms with van der Waals surface area (Å²) in [5, 5.41) is 6.37. The fourth-order valence-electron chi connectivity index (χ4n) is 2.36. The first-order chi connectivity index (χ1) is 8.84. The zero-order chi connectivity index (χ0) is 12.4. The molecule has 1 amide bonds. The summed E-state index contributed by atoms with van der Waals surface area (Å²) in [7, 11) is 0. The minimum atomic E-state index is -0.0290. The monoisotopic (exact) mass is 244 g/mol. The van der Waals surface area contributed by atoms with Crippen molar-refractivity contribution in [3.05, 3.63) is 36.3 Å². The molecule has 2 aromatic heterocycles. The number of amides is 1. The van der Waals surface area contributed by atoms with Crippen LogP contribution in [0.5, 0.6) is 0 Å². The molecule has 0 atom stereocenters. The van der Waals surface area contributed by atoms with E-state index in [1.807, 2.05) is 28.9 Å². The third-order valence-corrected chi connectivity index (χ3v) is 3.34. The van der Waals surface area contributed by atoms with Crippen LogP contribution in [0, 0.1) is 0 Å². The maximum Gasteiger partial charge on any atom is 0.255 e. The third kappa shape index (κ3) is 2.09. The first-order valence-electron chi connectivity index (χ1n) is 6.28. The van der Waals surface area contributed by atoms with Crippen LogP contribution in [0.3, 0.4) is 0 Å². The molecule has 0 spiro atoms. The van der Waals surface area contributed by atoms with E-state index in [4.69, 9.17) is 0 Å². The molecule has 1 aliphatic heterocycles. The number of rotatable bonds is 2. The molecule has 0 unspecified atom stereocenters. The SMILES string of the molecule is O=C(NC1CCNCC1)c1cccn2ccnc12. The second kappa shape index (κ2) is 4.78. The van der Waals surface area contributed by atoms with Crippen LogP contribution in [-0.2, 0) is 0 Å². The Morgan fingerprint density at radius 2 is 2.22 bits per heavy atom. The molecule has 94 valence electrons. The molecule has 2 aromatic rings. The van der Waals surface area contributed by atoms with E-state index in [0.717, 1.165) is 25.9 Å². The van der Waals surface area contributed by atoms with Gasteiger partial charge in [0.15, 0.2) is 0 Å². The Labute approximate surface area is 105 Å². The van der Waals surface area contributed by atoms with Crippen molar-refractivity contribution in [2.24, 2.45) is 0 Å². The molecule has 1 saturated heterocycles. The minimum Gasteiger partial charge on any atom is -0.349 e. The predicted molar refractivity (Wildman–Crippen MR) is 68.5 cm³/mol. The second-order valence-electron chi connectivity index (χ2n) is 4.58. The molecule has 0 aliphatic carbocycles. The lowest BCUT2D eigenvalue weighted by atomic mass is 10.1. The molecule has 1 aliphatic rings.